The maximum Gasteiger partial charge on any atom is 0.307 e. The first-order chi connectivity index (χ1) is 10.4. The van der Waals surface area contributed by atoms with Gasteiger partial charge in [-0.3, -0.25) is 14.5 Å². The molecule has 0 spiro atoms. The van der Waals surface area contributed by atoms with Crippen LogP contribution in [0.1, 0.15) is 24.0 Å². The van der Waals surface area contributed by atoms with Crippen LogP contribution in [0, 0.1) is 19.8 Å². The molecule has 120 valence electrons. The second-order valence-electron chi connectivity index (χ2n) is 5.88. The average molecular weight is 325 g/mol. The molecule has 2 rings (SSSR count). The third-order valence-electron chi connectivity index (χ3n) is 3.94. The minimum atomic E-state index is -0.783. The van der Waals surface area contributed by atoms with Crippen molar-refractivity contribution < 1.29 is 14.7 Å². The number of hydrogen-bond donors (Lipinski definition) is 2. The highest BCUT2D eigenvalue weighted by Crippen LogP contribution is 2.24. The number of carboxylic acid groups (broad SMARTS) is 1. The zero-order valence-electron chi connectivity index (χ0n) is 12.9. The molecule has 0 saturated carbocycles. The maximum atomic E-state index is 12.1. The molecular weight excluding hydrogens is 304 g/mol. The van der Waals surface area contributed by atoms with E-state index in [1.165, 1.54) is 0 Å². The smallest absolute Gasteiger partial charge is 0.307 e. The van der Waals surface area contributed by atoms with Gasteiger partial charge in [0.2, 0.25) is 5.91 Å². The Kier molecular flexibility index (Phi) is 5.42. The van der Waals surface area contributed by atoms with E-state index < -0.39 is 5.97 Å². The number of aryl methyl sites for hydroxylation is 2. The number of aliphatic carboxylic acids is 1. The number of benzene rings is 1. The molecule has 22 heavy (non-hydrogen) atoms. The average Bonchev–Trinajstić information content (AvgIpc) is 2.44. The van der Waals surface area contributed by atoms with Crippen molar-refractivity contribution in [2.45, 2.75) is 26.7 Å². The van der Waals surface area contributed by atoms with E-state index in [9.17, 15) is 9.59 Å². The monoisotopic (exact) mass is 324 g/mol. The van der Waals surface area contributed by atoms with Crippen LogP contribution in [0.3, 0.4) is 0 Å². The molecule has 6 heteroatoms. The summed E-state index contributed by atoms with van der Waals surface area (Å²) in [6, 6.07) is 3.67. The van der Waals surface area contributed by atoms with Gasteiger partial charge in [0, 0.05) is 17.3 Å². The first-order valence-electron chi connectivity index (χ1n) is 7.38. The van der Waals surface area contributed by atoms with Gasteiger partial charge >= 0.3 is 5.97 Å². The number of piperidine rings is 1. The summed E-state index contributed by atoms with van der Waals surface area (Å²) in [7, 11) is 0. The van der Waals surface area contributed by atoms with Gasteiger partial charge in [-0.25, -0.2) is 0 Å². The molecule has 1 fully saturated rings. The lowest BCUT2D eigenvalue weighted by atomic mass is 9.98. The van der Waals surface area contributed by atoms with E-state index in [0.29, 0.717) is 18.0 Å². The molecule has 5 nitrogen and oxygen atoms in total. The SMILES string of the molecule is Cc1cc(NC(=O)CN2CCCC(C(=O)O)C2)cc(C)c1Cl. The van der Waals surface area contributed by atoms with Gasteiger partial charge < -0.3 is 10.4 Å². The summed E-state index contributed by atoms with van der Waals surface area (Å²) in [5.74, 6) is -1.29. The predicted octanol–water partition coefficient (Wildman–Crippen LogP) is 2.69. The largest absolute Gasteiger partial charge is 0.481 e. The minimum absolute atomic E-state index is 0.132. The molecule has 1 atom stereocenters. The van der Waals surface area contributed by atoms with Crippen molar-refractivity contribution in [3.05, 3.63) is 28.3 Å². The summed E-state index contributed by atoms with van der Waals surface area (Å²) >= 11 is 6.11. The molecule has 0 aromatic heterocycles. The van der Waals surface area contributed by atoms with Gasteiger partial charge in [-0.05, 0) is 56.5 Å². The number of nitrogens with one attached hydrogen (secondary N) is 1. The molecule has 1 aromatic rings. The summed E-state index contributed by atoms with van der Waals surface area (Å²) in [5, 5.41) is 12.6. The molecule has 2 N–H and O–H groups in total. The molecule has 1 aliphatic rings. The number of rotatable bonds is 4. The standard InChI is InChI=1S/C16H21ClN2O3/c1-10-6-13(7-11(2)15(10)17)18-14(20)9-19-5-3-4-12(8-19)16(21)22/h6-7,12H,3-5,8-9H2,1-2H3,(H,18,20)(H,21,22). The third-order valence-corrected chi connectivity index (χ3v) is 4.54. The fourth-order valence-corrected chi connectivity index (χ4v) is 2.93. The van der Waals surface area contributed by atoms with Crippen molar-refractivity contribution >= 4 is 29.2 Å². The van der Waals surface area contributed by atoms with Crippen molar-refractivity contribution in [3.63, 3.8) is 0 Å². The number of carbonyl (C=O) groups excluding carboxylic acids is 1. The number of carbonyl (C=O) groups is 2. The molecule has 0 aliphatic carbocycles. The van der Waals surface area contributed by atoms with E-state index in [0.717, 1.165) is 29.8 Å². The van der Waals surface area contributed by atoms with Crippen LogP contribution in [0.2, 0.25) is 5.02 Å². The lowest BCUT2D eigenvalue weighted by Gasteiger charge is -2.29. The Morgan fingerprint density at radius 3 is 2.59 bits per heavy atom. The summed E-state index contributed by atoms with van der Waals surface area (Å²) in [5.41, 5.74) is 2.55. The number of hydrogen-bond acceptors (Lipinski definition) is 3. The predicted molar refractivity (Wildman–Crippen MR) is 86.4 cm³/mol. The van der Waals surface area contributed by atoms with Gasteiger partial charge in [-0.1, -0.05) is 11.6 Å². The van der Waals surface area contributed by atoms with Crippen molar-refractivity contribution in [1.82, 2.24) is 4.90 Å². The van der Waals surface area contributed by atoms with E-state index in [1.54, 1.807) is 0 Å². The Morgan fingerprint density at radius 2 is 2.00 bits per heavy atom. The van der Waals surface area contributed by atoms with Crippen molar-refractivity contribution in [2.75, 3.05) is 25.0 Å². The van der Waals surface area contributed by atoms with Gasteiger partial charge in [0.25, 0.3) is 0 Å². The number of halogens is 1. The Morgan fingerprint density at radius 1 is 1.36 bits per heavy atom. The fourth-order valence-electron chi connectivity index (χ4n) is 2.82. The lowest BCUT2D eigenvalue weighted by molar-refractivity contribution is -0.144. The highest BCUT2D eigenvalue weighted by molar-refractivity contribution is 6.32. The number of carboxylic acids is 1. The van der Waals surface area contributed by atoms with E-state index in [1.807, 2.05) is 30.9 Å². The molecular formula is C16H21ClN2O3. The van der Waals surface area contributed by atoms with E-state index in [4.69, 9.17) is 16.7 Å². The highest BCUT2D eigenvalue weighted by Gasteiger charge is 2.26. The lowest BCUT2D eigenvalue weighted by Crippen LogP contribution is -2.42. The Balaban J connectivity index is 1.94. The van der Waals surface area contributed by atoms with Gasteiger partial charge in [-0.2, -0.15) is 0 Å². The van der Waals surface area contributed by atoms with Crippen LogP contribution in [0.15, 0.2) is 12.1 Å². The fraction of sp³-hybridized carbons (Fsp3) is 0.500. The van der Waals surface area contributed by atoms with Crippen molar-refractivity contribution in [2.24, 2.45) is 5.92 Å². The zero-order chi connectivity index (χ0) is 16.3. The van der Waals surface area contributed by atoms with E-state index >= 15 is 0 Å². The molecule has 1 heterocycles. The topological polar surface area (TPSA) is 69.6 Å². The van der Waals surface area contributed by atoms with Crippen molar-refractivity contribution in [1.29, 1.82) is 0 Å². The minimum Gasteiger partial charge on any atom is -0.481 e. The van der Waals surface area contributed by atoms with Crippen LogP contribution in [0.4, 0.5) is 5.69 Å². The Bertz CT molecular complexity index is 566. The van der Waals surface area contributed by atoms with E-state index in [-0.39, 0.29) is 18.4 Å². The number of likely N-dealkylation sites (tertiary alicyclic amines) is 1. The summed E-state index contributed by atoms with van der Waals surface area (Å²) < 4.78 is 0. The van der Waals surface area contributed by atoms with Crippen LogP contribution in [-0.2, 0) is 9.59 Å². The molecule has 1 amide bonds. The number of nitrogens with zero attached hydrogens (tertiary/aromatic N) is 1. The van der Waals surface area contributed by atoms with Crippen LogP contribution >= 0.6 is 11.6 Å². The van der Waals surface area contributed by atoms with Crippen LogP contribution in [0.25, 0.3) is 0 Å². The molecule has 1 aliphatic heterocycles. The molecule has 0 bridgehead atoms. The molecule has 0 radical (unpaired) electrons. The van der Waals surface area contributed by atoms with Crippen LogP contribution in [0.5, 0.6) is 0 Å². The van der Waals surface area contributed by atoms with Crippen molar-refractivity contribution in [3.8, 4) is 0 Å². The zero-order valence-corrected chi connectivity index (χ0v) is 13.6. The van der Waals surface area contributed by atoms with Crippen LogP contribution in [-0.4, -0.2) is 41.5 Å². The summed E-state index contributed by atoms with van der Waals surface area (Å²) in [4.78, 5) is 25.1. The number of amides is 1. The Hall–Kier alpha value is -1.59. The summed E-state index contributed by atoms with van der Waals surface area (Å²) in [6.45, 7) is 5.20. The first-order valence-corrected chi connectivity index (χ1v) is 7.76. The molecule has 1 aromatic carbocycles. The van der Waals surface area contributed by atoms with Gasteiger partial charge in [-0.15, -0.1) is 0 Å². The first kappa shape index (κ1) is 16.8. The van der Waals surface area contributed by atoms with E-state index in [2.05, 4.69) is 5.32 Å². The van der Waals surface area contributed by atoms with Crippen LogP contribution < -0.4 is 5.32 Å². The third kappa shape index (κ3) is 4.21. The quantitative estimate of drug-likeness (QED) is 0.893. The van der Waals surface area contributed by atoms with Gasteiger partial charge in [0.1, 0.15) is 0 Å². The highest BCUT2D eigenvalue weighted by atomic mass is 35.5. The molecule has 1 unspecified atom stereocenters. The molecule has 1 saturated heterocycles. The normalized spacial score (nSPS) is 19.0. The second kappa shape index (κ2) is 7.11. The second-order valence-corrected chi connectivity index (χ2v) is 6.26. The maximum absolute atomic E-state index is 12.1. The van der Waals surface area contributed by atoms with Gasteiger partial charge in [0.05, 0.1) is 12.5 Å². The number of anilines is 1. The van der Waals surface area contributed by atoms with Gasteiger partial charge in [0.15, 0.2) is 0 Å². The summed E-state index contributed by atoms with van der Waals surface area (Å²) in [6.07, 6.45) is 1.49. The Labute approximate surface area is 135 Å².